The first-order valence-corrected chi connectivity index (χ1v) is 16.0. The molecule has 0 aliphatic carbocycles. The number of esters is 1. The van der Waals surface area contributed by atoms with Gasteiger partial charge in [0.25, 0.3) is 11.5 Å². The molecule has 5 rings (SSSR count). The minimum Gasteiger partial charge on any atom is -0.496 e. The molecule has 1 amide bonds. The maximum Gasteiger partial charge on any atom is 0.338 e. The predicted octanol–water partition coefficient (Wildman–Crippen LogP) is 4.35. The summed E-state index contributed by atoms with van der Waals surface area (Å²) in [5.74, 6) is 0.607. The number of aromatic nitrogens is 1. The molecule has 0 spiro atoms. The van der Waals surface area contributed by atoms with Gasteiger partial charge < -0.3 is 19.1 Å². The standard InChI is InChI=1S/C32H34BrN3O6S/c1-4-8-24-28(31(39)41-5-2)29(23-18-21(33)11-14-25(23)40-3)36-30(38)26(43-32(36)34-24)17-20-9-12-22(13-10-20)42-19-27(37)35-15-6-7-16-35/h9-14,17-18,29H,4-8,15-16,19H2,1-3H3/b26-17-/t29-/m1/s1. The third-order valence-corrected chi connectivity index (χ3v) is 8.85. The van der Waals surface area contributed by atoms with E-state index in [1.165, 1.54) is 11.3 Å². The Hall–Kier alpha value is -3.70. The lowest BCUT2D eigenvalue weighted by Gasteiger charge is -2.27. The molecule has 0 unspecified atom stereocenters. The normalized spacial score (nSPS) is 16.6. The molecule has 0 radical (unpaired) electrons. The van der Waals surface area contributed by atoms with Crippen LogP contribution in [0.3, 0.4) is 0 Å². The summed E-state index contributed by atoms with van der Waals surface area (Å²) in [5.41, 5.74) is 2.11. The number of ether oxygens (including phenoxy) is 3. The van der Waals surface area contributed by atoms with Crippen LogP contribution in [-0.2, 0) is 14.3 Å². The predicted molar refractivity (Wildman–Crippen MR) is 168 cm³/mol. The SMILES string of the molecule is CCCC1=C(C(=O)OCC)[C@@H](c2cc(Br)ccc2OC)n2c(s/c(=C\c3ccc(OCC(=O)N4CCCC4)cc3)c2=O)=N1. The Morgan fingerprint density at radius 3 is 2.53 bits per heavy atom. The summed E-state index contributed by atoms with van der Waals surface area (Å²) in [6, 6.07) is 12.0. The summed E-state index contributed by atoms with van der Waals surface area (Å²) in [7, 11) is 1.56. The van der Waals surface area contributed by atoms with E-state index in [0.717, 1.165) is 42.4 Å². The van der Waals surface area contributed by atoms with Crippen molar-refractivity contribution in [2.45, 2.75) is 45.6 Å². The molecule has 9 nitrogen and oxygen atoms in total. The largest absolute Gasteiger partial charge is 0.496 e. The van der Waals surface area contributed by atoms with Crippen LogP contribution in [0.1, 0.15) is 56.7 Å². The van der Waals surface area contributed by atoms with Crippen LogP contribution in [0.2, 0.25) is 0 Å². The second-order valence-corrected chi connectivity index (χ2v) is 12.2. The summed E-state index contributed by atoms with van der Waals surface area (Å²) in [4.78, 5) is 46.9. The van der Waals surface area contributed by atoms with E-state index in [0.29, 0.717) is 44.1 Å². The van der Waals surface area contributed by atoms with Crippen LogP contribution in [0, 0.1) is 0 Å². The number of nitrogens with zero attached hydrogens (tertiary/aromatic N) is 3. The smallest absolute Gasteiger partial charge is 0.338 e. The fourth-order valence-electron chi connectivity index (χ4n) is 5.35. The molecular weight excluding hydrogens is 634 g/mol. The Bertz CT molecular complexity index is 1720. The lowest BCUT2D eigenvalue weighted by Crippen LogP contribution is -2.40. The first-order chi connectivity index (χ1) is 20.8. The molecule has 2 aliphatic heterocycles. The summed E-state index contributed by atoms with van der Waals surface area (Å²) < 4.78 is 19.7. The molecule has 1 saturated heterocycles. The lowest BCUT2D eigenvalue weighted by molar-refractivity contribution is -0.139. The molecule has 3 aromatic rings. The zero-order valence-corrected chi connectivity index (χ0v) is 26.8. The second kappa shape index (κ2) is 13.7. The van der Waals surface area contributed by atoms with Crippen LogP contribution >= 0.6 is 27.3 Å². The summed E-state index contributed by atoms with van der Waals surface area (Å²) in [5, 5.41) is 0. The summed E-state index contributed by atoms with van der Waals surface area (Å²) in [6.45, 7) is 5.54. The highest BCUT2D eigenvalue weighted by atomic mass is 79.9. The highest BCUT2D eigenvalue weighted by Crippen LogP contribution is 2.38. The van der Waals surface area contributed by atoms with Gasteiger partial charge in [0, 0.05) is 23.1 Å². The molecular formula is C32H34BrN3O6S. The number of hydrogen-bond acceptors (Lipinski definition) is 8. The number of methoxy groups -OCH3 is 1. The molecule has 0 saturated carbocycles. The van der Waals surface area contributed by atoms with E-state index >= 15 is 0 Å². The Morgan fingerprint density at radius 1 is 1.12 bits per heavy atom. The van der Waals surface area contributed by atoms with E-state index in [9.17, 15) is 14.4 Å². The van der Waals surface area contributed by atoms with Gasteiger partial charge in [0.15, 0.2) is 11.4 Å². The first kappa shape index (κ1) is 30.7. The third kappa shape index (κ3) is 6.62. The van der Waals surface area contributed by atoms with Gasteiger partial charge in [-0.25, -0.2) is 9.79 Å². The number of amides is 1. The van der Waals surface area contributed by atoms with Crippen molar-refractivity contribution in [3.63, 3.8) is 0 Å². The van der Waals surface area contributed by atoms with Gasteiger partial charge in [0.2, 0.25) is 0 Å². The quantitative estimate of drug-likeness (QED) is 0.298. The molecule has 1 fully saturated rings. The highest BCUT2D eigenvalue weighted by molar-refractivity contribution is 9.10. The number of likely N-dealkylation sites (tertiary alicyclic amines) is 1. The number of allylic oxidation sites excluding steroid dienone is 1. The number of halogens is 1. The zero-order chi connectivity index (χ0) is 30.5. The molecule has 3 heterocycles. The minimum atomic E-state index is -0.782. The fourth-order valence-corrected chi connectivity index (χ4v) is 6.75. The number of carbonyl (C=O) groups is 2. The molecule has 43 heavy (non-hydrogen) atoms. The Labute approximate surface area is 262 Å². The highest BCUT2D eigenvalue weighted by Gasteiger charge is 2.36. The van der Waals surface area contributed by atoms with Crippen LogP contribution < -0.4 is 24.4 Å². The number of carbonyl (C=O) groups excluding carboxylic acids is 2. The van der Waals surface area contributed by atoms with Crippen molar-refractivity contribution in [2.24, 2.45) is 4.99 Å². The summed E-state index contributed by atoms with van der Waals surface area (Å²) in [6.07, 6.45) is 5.18. The van der Waals surface area contributed by atoms with Crippen molar-refractivity contribution in [2.75, 3.05) is 33.4 Å². The van der Waals surface area contributed by atoms with Crippen molar-refractivity contribution in [3.05, 3.63) is 89.0 Å². The monoisotopic (exact) mass is 667 g/mol. The number of fused-ring (bicyclic) bond motifs is 1. The second-order valence-electron chi connectivity index (χ2n) is 10.2. The number of thiazole rings is 1. The van der Waals surface area contributed by atoms with Crippen molar-refractivity contribution in [1.29, 1.82) is 0 Å². The molecule has 11 heteroatoms. The number of hydrogen-bond donors (Lipinski definition) is 0. The number of rotatable bonds is 10. The summed E-state index contributed by atoms with van der Waals surface area (Å²) >= 11 is 4.81. The van der Waals surface area contributed by atoms with Gasteiger partial charge in [-0.15, -0.1) is 0 Å². The van der Waals surface area contributed by atoms with Crippen molar-refractivity contribution in [3.8, 4) is 11.5 Å². The fraction of sp³-hybridized carbons (Fsp3) is 0.375. The average molecular weight is 669 g/mol. The number of benzene rings is 2. The van der Waals surface area contributed by atoms with Gasteiger partial charge in [-0.05, 0) is 68.2 Å². The van der Waals surface area contributed by atoms with Gasteiger partial charge >= 0.3 is 5.97 Å². The van der Waals surface area contributed by atoms with Crippen LogP contribution in [0.25, 0.3) is 6.08 Å². The molecule has 0 bridgehead atoms. The van der Waals surface area contributed by atoms with Gasteiger partial charge in [-0.1, -0.05) is 52.7 Å². The Morgan fingerprint density at radius 2 is 1.86 bits per heavy atom. The maximum atomic E-state index is 14.0. The zero-order valence-electron chi connectivity index (χ0n) is 24.4. The van der Waals surface area contributed by atoms with E-state index in [-0.39, 0.29) is 24.7 Å². The Balaban J connectivity index is 1.54. The molecule has 1 aromatic heterocycles. The molecule has 226 valence electrons. The van der Waals surface area contributed by atoms with Crippen molar-refractivity contribution < 1.29 is 23.8 Å². The average Bonchev–Trinajstić information content (AvgIpc) is 3.65. The third-order valence-electron chi connectivity index (χ3n) is 7.38. The molecule has 1 atom stereocenters. The molecule has 2 aromatic carbocycles. The van der Waals surface area contributed by atoms with Crippen LogP contribution in [0.5, 0.6) is 11.5 Å². The van der Waals surface area contributed by atoms with Gasteiger partial charge in [-0.2, -0.15) is 0 Å². The van der Waals surface area contributed by atoms with Crippen LogP contribution in [0.15, 0.2) is 68.0 Å². The van der Waals surface area contributed by atoms with Gasteiger partial charge in [0.05, 0.1) is 29.5 Å². The lowest BCUT2D eigenvalue weighted by atomic mass is 9.93. The van der Waals surface area contributed by atoms with E-state index in [4.69, 9.17) is 19.2 Å². The Kier molecular flexibility index (Phi) is 9.82. The van der Waals surface area contributed by atoms with Crippen LogP contribution in [0.4, 0.5) is 0 Å². The first-order valence-electron chi connectivity index (χ1n) is 14.4. The topological polar surface area (TPSA) is 99.4 Å². The van der Waals surface area contributed by atoms with E-state index in [1.807, 2.05) is 36.1 Å². The van der Waals surface area contributed by atoms with Crippen molar-refractivity contribution >= 4 is 45.2 Å². The minimum absolute atomic E-state index is 0.0000978. The van der Waals surface area contributed by atoms with E-state index < -0.39 is 12.0 Å². The van der Waals surface area contributed by atoms with Crippen LogP contribution in [-0.4, -0.2) is 54.8 Å². The molecule has 0 N–H and O–H groups in total. The van der Waals surface area contributed by atoms with Gasteiger partial charge in [0.1, 0.15) is 17.5 Å². The van der Waals surface area contributed by atoms with E-state index in [1.54, 1.807) is 42.9 Å². The van der Waals surface area contributed by atoms with Gasteiger partial charge in [-0.3, -0.25) is 14.2 Å². The molecule has 2 aliphatic rings. The van der Waals surface area contributed by atoms with E-state index in [2.05, 4.69) is 15.9 Å². The maximum absolute atomic E-state index is 14.0. The van der Waals surface area contributed by atoms with Crippen molar-refractivity contribution in [1.82, 2.24) is 9.47 Å².